The number of sulfonamides is 1. The average molecular weight is 350 g/mol. The van der Waals surface area contributed by atoms with Crippen molar-refractivity contribution in [1.29, 1.82) is 0 Å². The fourth-order valence-electron chi connectivity index (χ4n) is 1.85. The highest BCUT2D eigenvalue weighted by Gasteiger charge is 2.34. The lowest BCUT2D eigenvalue weighted by Gasteiger charge is -2.15. The molecule has 0 aliphatic carbocycles. The minimum absolute atomic E-state index is 0.189. The van der Waals surface area contributed by atoms with E-state index in [0.717, 1.165) is 21.9 Å². The van der Waals surface area contributed by atoms with Gasteiger partial charge in [-0.1, -0.05) is 0 Å². The van der Waals surface area contributed by atoms with Crippen LogP contribution in [0.1, 0.15) is 15.3 Å². The van der Waals surface area contributed by atoms with Crippen molar-refractivity contribution in [3.63, 3.8) is 0 Å². The topological polar surface area (TPSA) is 72.2 Å². The average Bonchev–Trinajstić information content (AvgIpc) is 2.80. The third kappa shape index (κ3) is 3.99. The largest absolute Gasteiger partial charge is 0.418 e. The van der Waals surface area contributed by atoms with Crippen LogP contribution in [0.4, 0.5) is 18.9 Å². The molecule has 0 aliphatic rings. The molecular formula is C13H13F3N2O2S2. The molecule has 0 saturated carbocycles. The zero-order valence-electron chi connectivity index (χ0n) is 11.4. The minimum Gasteiger partial charge on any atom is -0.380 e. The zero-order chi connectivity index (χ0) is 16.5. The summed E-state index contributed by atoms with van der Waals surface area (Å²) in [6, 6.07) is 6.35. The Labute approximate surface area is 129 Å². The summed E-state index contributed by atoms with van der Waals surface area (Å²) in [6.07, 6.45) is -4.69. The summed E-state index contributed by atoms with van der Waals surface area (Å²) in [7, 11) is -4.19. The lowest BCUT2D eigenvalue weighted by molar-refractivity contribution is -0.137. The van der Waals surface area contributed by atoms with Gasteiger partial charge in [-0.05, 0) is 37.3 Å². The number of rotatable bonds is 4. The summed E-state index contributed by atoms with van der Waals surface area (Å²) >= 11 is 1.47. The molecule has 9 heteroatoms. The number of nitrogens with two attached hydrogens (primary N) is 1. The Morgan fingerprint density at radius 2 is 1.91 bits per heavy atom. The van der Waals surface area contributed by atoms with Crippen molar-refractivity contribution in [2.24, 2.45) is 5.14 Å². The van der Waals surface area contributed by atoms with Crippen LogP contribution in [-0.2, 0) is 22.7 Å². The maximum atomic E-state index is 13.1. The van der Waals surface area contributed by atoms with E-state index in [9.17, 15) is 21.6 Å². The van der Waals surface area contributed by atoms with Crippen molar-refractivity contribution >= 4 is 27.0 Å². The zero-order valence-corrected chi connectivity index (χ0v) is 13.1. The number of hydrogen-bond donors (Lipinski definition) is 2. The molecule has 0 spiro atoms. The summed E-state index contributed by atoms with van der Waals surface area (Å²) in [5.74, 6) is 0. The maximum Gasteiger partial charge on any atom is 0.418 e. The van der Waals surface area contributed by atoms with Crippen molar-refractivity contribution < 1.29 is 21.6 Å². The van der Waals surface area contributed by atoms with Crippen LogP contribution in [0.5, 0.6) is 0 Å². The Morgan fingerprint density at radius 1 is 1.23 bits per heavy atom. The number of hydrogen-bond acceptors (Lipinski definition) is 4. The molecule has 120 valence electrons. The second kappa shape index (κ2) is 5.90. The third-order valence-electron chi connectivity index (χ3n) is 2.87. The first-order chi connectivity index (χ1) is 10.1. The van der Waals surface area contributed by atoms with E-state index in [1.807, 2.05) is 19.1 Å². The predicted octanol–water partition coefficient (Wildman–Crippen LogP) is 3.33. The van der Waals surface area contributed by atoms with Crippen LogP contribution in [0.2, 0.25) is 0 Å². The van der Waals surface area contributed by atoms with Crippen LogP contribution in [0.3, 0.4) is 0 Å². The summed E-state index contributed by atoms with van der Waals surface area (Å²) in [6.45, 7) is 2.12. The third-order valence-corrected chi connectivity index (χ3v) is 4.79. The maximum absolute atomic E-state index is 13.1. The minimum atomic E-state index is -4.69. The number of alkyl halides is 3. The van der Waals surface area contributed by atoms with Gasteiger partial charge in [-0.15, -0.1) is 11.3 Å². The number of anilines is 1. The molecular weight excluding hydrogens is 337 g/mol. The molecule has 1 aromatic carbocycles. The van der Waals surface area contributed by atoms with Gasteiger partial charge in [-0.2, -0.15) is 13.2 Å². The lowest BCUT2D eigenvalue weighted by Crippen LogP contribution is -2.16. The van der Waals surface area contributed by atoms with Crippen molar-refractivity contribution in [1.82, 2.24) is 0 Å². The number of primary sulfonamides is 1. The summed E-state index contributed by atoms with van der Waals surface area (Å²) in [4.78, 5) is 1.36. The molecule has 0 bridgehead atoms. The van der Waals surface area contributed by atoms with Gasteiger partial charge in [-0.3, -0.25) is 0 Å². The van der Waals surface area contributed by atoms with Gasteiger partial charge in [0.15, 0.2) is 0 Å². The standard InChI is InChI=1S/C13H13F3N2O2S2/c1-8-2-3-9(21-8)7-18-12-5-4-10(22(17,19)20)6-11(12)13(14,15)16/h2-6,18H,7H2,1H3,(H2,17,19,20). The first-order valence-electron chi connectivity index (χ1n) is 6.10. The first-order valence-corrected chi connectivity index (χ1v) is 8.47. The van der Waals surface area contributed by atoms with Crippen molar-refractivity contribution in [2.45, 2.75) is 24.5 Å². The normalized spacial score (nSPS) is 12.4. The van der Waals surface area contributed by atoms with E-state index >= 15 is 0 Å². The molecule has 0 radical (unpaired) electrons. The SMILES string of the molecule is Cc1ccc(CNc2ccc(S(N)(=O)=O)cc2C(F)(F)F)s1. The Balaban J connectivity index is 2.34. The number of nitrogens with one attached hydrogen (secondary N) is 1. The molecule has 22 heavy (non-hydrogen) atoms. The predicted molar refractivity (Wildman–Crippen MR) is 79.2 cm³/mol. The van der Waals surface area contributed by atoms with Crippen LogP contribution in [0, 0.1) is 6.92 Å². The molecule has 2 rings (SSSR count). The Morgan fingerprint density at radius 3 is 2.41 bits per heavy atom. The van der Waals surface area contributed by atoms with Crippen LogP contribution in [-0.4, -0.2) is 8.42 Å². The van der Waals surface area contributed by atoms with Crippen molar-refractivity contribution in [3.8, 4) is 0 Å². The van der Waals surface area contributed by atoms with Gasteiger partial charge in [0.1, 0.15) is 0 Å². The van der Waals surface area contributed by atoms with E-state index in [2.05, 4.69) is 5.32 Å². The molecule has 1 aromatic heterocycles. The fourth-order valence-corrected chi connectivity index (χ4v) is 3.22. The molecule has 4 nitrogen and oxygen atoms in total. The summed E-state index contributed by atoms with van der Waals surface area (Å²) < 4.78 is 61.6. The van der Waals surface area contributed by atoms with Gasteiger partial charge >= 0.3 is 6.18 Å². The van der Waals surface area contributed by atoms with E-state index in [1.54, 1.807) is 0 Å². The Kier molecular flexibility index (Phi) is 4.50. The molecule has 0 amide bonds. The Hall–Kier alpha value is -1.58. The van der Waals surface area contributed by atoms with Crippen LogP contribution >= 0.6 is 11.3 Å². The van der Waals surface area contributed by atoms with Gasteiger partial charge in [0.05, 0.1) is 10.5 Å². The van der Waals surface area contributed by atoms with Crippen LogP contribution < -0.4 is 10.5 Å². The molecule has 3 N–H and O–H groups in total. The summed E-state index contributed by atoms with van der Waals surface area (Å²) in [5, 5.41) is 7.56. The highest BCUT2D eigenvalue weighted by atomic mass is 32.2. The number of thiophene rings is 1. The fraction of sp³-hybridized carbons (Fsp3) is 0.231. The first kappa shape index (κ1) is 16.8. The van der Waals surface area contributed by atoms with Gasteiger partial charge in [0, 0.05) is 22.0 Å². The quantitative estimate of drug-likeness (QED) is 0.888. The molecule has 0 fully saturated rings. The van der Waals surface area contributed by atoms with E-state index < -0.39 is 26.7 Å². The van der Waals surface area contributed by atoms with Gasteiger partial charge in [0.2, 0.25) is 10.0 Å². The van der Waals surface area contributed by atoms with Crippen molar-refractivity contribution in [2.75, 3.05) is 5.32 Å². The van der Waals surface area contributed by atoms with E-state index in [1.165, 1.54) is 11.3 Å². The highest BCUT2D eigenvalue weighted by Crippen LogP contribution is 2.36. The molecule has 0 atom stereocenters. The number of benzene rings is 1. The van der Waals surface area contributed by atoms with E-state index in [0.29, 0.717) is 6.07 Å². The second-order valence-electron chi connectivity index (χ2n) is 4.62. The van der Waals surface area contributed by atoms with Crippen LogP contribution in [0.25, 0.3) is 0 Å². The molecule has 2 aromatic rings. The summed E-state index contributed by atoms with van der Waals surface area (Å²) in [5.41, 5.74) is -1.25. The number of aryl methyl sites for hydroxylation is 1. The second-order valence-corrected chi connectivity index (χ2v) is 7.55. The monoisotopic (exact) mass is 350 g/mol. The van der Waals surface area contributed by atoms with E-state index in [-0.39, 0.29) is 12.2 Å². The van der Waals surface area contributed by atoms with Gasteiger partial charge in [0.25, 0.3) is 0 Å². The number of halogens is 3. The van der Waals surface area contributed by atoms with Crippen molar-refractivity contribution in [3.05, 3.63) is 45.6 Å². The lowest BCUT2D eigenvalue weighted by atomic mass is 10.1. The van der Waals surface area contributed by atoms with Gasteiger partial charge in [-0.25, -0.2) is 13.6 Å². The van der Waals surface area contributed by atoms with Gasteiger partial charge < -0.3 is 5.32 Å². The Bertz CT molecular complexity index is 783. The molecule has 0 saturated heterocycles. The smallest absolute Gasteiger partial charge is 0.380 e. The molecule has 0 aliphatic heterocycles. The highest BCUT2D eigenvalue weighted by molar-refractivity contribution is 7.89. The molecule has 0 unspecified atom stereocenters. The van der Waals surface area contributed by atoms with E-state index in [4.69, 9.17) is 5.14 Å². The molecule has 1 heterocycles. The van der Waals surface area contributed by atoms with Crippen LogP contribution in [0.15, 0.2) is 35.2 Å².